The van der Waals surface area contributed by atoms with Crippen LogP contribution >= 0.6 is 0 Å². The maximum absolute atomic E-state index is 9.27. The van der Waals surface area contributed by atoms with Crippen LogP contribution in [-0.4, -0.2) is 16.1 Å². The molecular weight excluding hydrogens is 248 g/mol. The zero-order valence-electron chi connectivity index (χ0n) is 11.9. The minimum Gasteiger partial charge on any atom is -0.392 e. The van der Waals surface area contributed by atoms with Crippen LogP contribution in [-0.2, 0) is 19.6 Å². The Morgan fingerprint density at radius 3 is 2.70 bits per heavy atom. The molecule has 1 aromatic carbocycles. The average molecular weight is 270 g/mol. The average Bonchev–Trinajstić information content (AvgIpc) is 2.52. The Hall–Kier alpha value is -1.71. The fraction of sp³-hybridized carbons (Fsp3) is 0.353. The van der Waals surface area contributed by atoms with Gasteiger partial charge in [0.2, 0.25) is 0 Å². The Kier molecular flexibility index (Phi) is 5.71. The number of nitrogens with zero attached hydrogens (tertiary/aromatic N) is 1. The van der Waals surface area contributed by atoms with Crippen molar-refractivity contribution in [3.05, 3.63) is 65.5 Å². The zero-order valence-corrected chi connectivity index (χ0v) is 11.9. The summed E-state index contributed by atoms with van der Waals surface area (Å²) in [4.78, 5) is 4.32. The van der Waals surface area contributed by atoms with Crippen molar-refractivity contribution in [3.63, 3.8) is 0 Å². The number of aliphatic hydroxyl groups is 1. The molecule has 0 saturated carbocycles. The van der Waals surface area contributed by atoms with Gasteiger partial charge in [-0.05, 0) is 31.4 Å². The Balaban J connectivity index is 1.79. The van der Waals surface area contributed by atoms with Crippen molar-refractivity contribution in [3.8, 4) is 0 Å². The van der Waals surface area contributed by atoms with Gasteiger partial charge in [-0.1, -0.05) is 36.4 Å². The molecule has 3 nitrogen and oxygen atoms in total. The predicted octanol–water partition coefficient (Wildman–Crippen LogP) is 2.68. The largest absolute Gasteiger partial charge is 0.392 e. The summed E-state index contributed by atoms with van der Waals surface area (Å²) < 4.78 is 0. The molecule has 2 rings (SSSR count). The summed E-state index contributed by atoms with van der Waals surface area (Å²) in [6.45, 7) is 2.93. The topological polar surface area (TPSA) is 45.2 Å². The molecule has 106 valence electrons. The molecule has 0 fully saturated rings. The van der Waals surface area contributed by atoms with Crippen LogP contribution in [0.3, 0.4) is 0 Å². The molecule has 0 spiro atoms. The Morgan fingerprint density at radius 1 is 1.15 bits per heavy atom. The molecule has 1 heterocycles. The Morgan fingerprint density at radius 2 is 1.95 bits per heavy atom. The third kappa shape index (κ3) is 4.44. The predicted molar refractivity (Wildman–Crippen MR) is 81.2 cm³/mol. The third-order valence-corrected chi connectivity index (χ3v) is 3.48. The number of pyridine rings is 1. The molecule has 1 unspecified atom stereocenters. The second-order valence-electron chi connectivity index (χ2n) is 5.07. The van der Waals surface area contributed by atoms with E-state index in [2.05, 4.69) is 41.5 Å². The number of nitrogens with one attached hydrogen (secondary N) is 1. The lowest BCUT2D eigenvalue weighted by Crippen LogP contribution is -2.27. The number of hydrogen-bond acceptors (Lipinski definition) is 3. The van der Waals surface area contributed by atoms with Crippen molar-refractivity contribution >= 4 is 0 Å². The van der Waals surface area contributed by atoms with Gasteiger partial charge in [-0.3, -0.25) is 4.98 Å². The monoisotopic (exact) mass is 270 g/mol. The maximum atomic E-state index is 9.27. The van der Waals surface area contributed by atoms with Gasteiger partial charge in [-0.15, -0.1) is 0 Å². The highest BCUT2D eigenvalue weighted by Crippen LogP contribution is 2.07. The summed E-state index contributed by atoms with van der Waals surface area (Å²) in [5, 5.41) is 12.7. The molecule has 0 bridgehead atoms. The first-order valence-electron chi connectivity index (χ1n) is 7.10. The van der Waals surface area contributed by atoms with Crippen molar-refractivity contribution < 1.29 is 5.11 Å². The maximum Gasteiger partial charge on any atom is 0.0700 e. The van der Waals surface area contributed by atoms with Crippen LogP contribution in [0.25, 0.3) is 0 Å². The van der Waals surface area contributed by atoms with Crippen LogP contribution in [0.2, 0.25) is 0 Å². The summed E-state index contributed by atoms with van der Waals surface area (Å²) in [5.74, 6) is 0. The highest BCUT2D eigenvalue weighted by atomic mass is 16.3. The highest BCUT2D eigenvalue weighted by Gasteiger charge is 2.05. The number of benzene rings is 1. The summed E-state index contributed by atoms with van der Waals surface area (Å²) in [6.07, 6.45) is 3.93. The fourth-order valence-corrected chi connectivity index (χ4v) is 2.18. The van der Waals surface area contributed by atoms with E-state index in [1.54, 1.807) is 6.20 Å². The SMILES string of the molecule is CC(CCc1ccccc1)NCc1ncccc1CO. The first-order chi connectivity index (χ1) is 9.79. The summed E-state index contributed by atoms with van der Waals surface area (Å²) in [6, 6.07) is 14.7. The Labute approximate surface area is 120 Å². The van der Waals surface area contributed by atoms with E-state index >= 15 is 0 Å². The van der Waals surface area contributed by atoms with Gasteiger partial charge in [0, 0.05) is 24.3 Å². The van der Waals surface area contributed by atoms with Crippen molar-refractivity contribution in [1.29, 1.82) is 0 Å². The molecule has 1 aromatic heterocycles. The van der Waals surface area contributed by atoms with Crippen LogP contribution < -0.4 is 5.32 Å². The van der Waals surface area contributed by atoms with Gasteiger partial charge < -0.3 is 10.4 Å². The van der Waals surface area contributed by atoms with Gasteiger partial charge in [0.05, 0.1) is 12.3 Å². The molecule has 0 aliphatic rings. The van der Waals surface area contributed by atoms with Crippen molar-refractivity contribution in [2.24, 2.45) is 0 Å². The quantitative estimate of drug-likeness (QED) is 0.813. The summed E-state index contributed by atoms with van der Waals surface area (Å²) in [5.41, 5.74) is 3.20. The number of aromatic nitrogens is 1. The molecule has 0 saturated heterocycles. The number of hydrogen-bond donors (Lipinski definition) is 2. The van der Waals surface area contributed by atoms with Crippen LogP contribution in [0.5, 0.6) is 0 Å². The standard InChI is InChI=1S/C17H22N2O/c1-14(9-10-15-6-3-2-4-7-15)19-12-17-16(13-20)8-5-11-18-17/h2-8,11,14,19-20H,9-10,12-13H2,1H3. The van der Waals surface area contributed by atoms with Crippen LogP contribution in [0.1, 0.15) is 30.2 Å². The van der Waals surface area contributed by atoms with Gasteiger partial charge in [0.1, 0.15) is 0 Å². The van der Waals surface area contributed by atoms with E-state index in [9.17, 15) is 5.11 Å². The first kappa shape index (κ1) is 14.7. The molecule has 0 radical (unpaired) electrons. The van der Waals surface area contributed by atoms with Gasteiger partial charge >= 0.3 is 0 Å². The van der Waals surface area contributed by atoms with Crippen molar-refractivity contribution in [1.82, 2.24) is 10.3 Å². The minimum absolute atomic E-state index is 0.0449. The van der Waals surface area contributed by atoms with E-state index in [-0.39, 0.29) is 6.61 Å². The molecule has 0 aliphatic heterocycles. The molecule has 1 atom stereocenters. The van der Waals surface area contributed by atoms with Crippen molar-refractivity contribution in [2.45, 2.75) is 39.0 Å². The molecule has 0 aliphatic carbocycles. The van der Waals surface area contributed by atoms with E-state index in [1.807, 2.05) is 18.2 Å². The second kappa shape index (κ2) is 7.78. The van der Waals surface area contributed by atoms with E-state index in [4.69, 9.17) is 0 Å². The molecule has 2 aromatic rings. The van der Waals surface area contributed by atoms with E-state index in [0.29, 0.717) is 12.6 Å². The summed E-state index contributed by atoms with van der Waals surface area (Å²) in [7, 11) is 0. The minimum atomic E-state index is 0.0449. The van der Waals surface area contributed by atoms with E-state index in [0.717, 1.165) is 24.1 Å². The number of rotatable bonds is 7. The molecular formula is C17H22N2O. The Bertz CT molecular complexity index is 513. The molecule has 2 N–H and O–H groups in total. The molecule has 20 heavy (non-hydrogen) atoms. The zero-order chi connectivity index (χ0) is 14.2. The molecule has 0 amide bonds. The summed E-state index contributed by atoms with van der Waals surface area (Å²) >= 11 is 0. The van der Waals surface area contributed by atoms with E-state index < -0.39 is 0 Å². The lowest BCUT2D eigenvalue weighted by atomic mass is 10.1. The molecule has 3 heteroatoms. The van der Waals surface area contributed by atoms with Gasteiger partial charge in [0.25, 0.3) is 0 Å². The number of aliphatic hydroxyl groups excluding tert-OH is 1. The van der Waals surface area contributed by atoms with Gasteiger partial charge in [-0.2, -0.15) is 0 Å². The van der Waals surface area contributed by atoms with Crippen molar-refractivity contribution in [2.75, 3.05) is 0 Å². The lowest BCUT2D eigenvalue weighted by molar-refractivity contribution is 0.279. The van der Waals surface area contributed by atoms with Crippen LogP contribution in [0, 0.1) is 0 Å². The van der Waals surface area contributed by atoms with Gasteiger partial charge in [-0.25, -0.2) is 0 Å². The number of aryl methyl sites for hydroxylation is 1. The van der Waals surface area contributed by atoms with Crippen LogP contribution in [0.4, 0.5) is 0 Å². The smallest absolute Gasteiger partial charge is 0.0700 e. The first-order valence-corrected chi connectivity index (χ1v) is 7.10. The third-order valence-electron chi connectivity index (χ3n) is 3.48. The van der Waals surface area contributed by atoms with Gasteiger partial charge in [0.15, 0.2) is 0 Å². The normalized spacial score (nSPS) is 12.3. The second-order valence-corrected chi connectivity index (χ2v) is 5.07. The van der Waals surface area contributed by atoms with Crippen LogP contribution in [0.15, 0.2) is 48.7 Å². The fourth-order valence-electron chi connectivity index (χ4n) is 2.18. The van der Waals surface area contributed by atoms with E-state index in [1.165, 1.54) is 5.56 Å². The highest BCUT2D eigenvalue weighted by molar-refractivity contribution is 5.18. The lowest BCUT2D eigenvalue weighted by Gasteiger charge is -2.14.